The minimum atomic E-state index is -0.759. The van der Waals surface area contributed by atoms with Crippen LogP contribution in [0, 0.1) is 0 Å². The number of nitrogens with one attached hydrogen (secondary N) is 1. The molecule has 3 rings (SSSR count). The number of amides is 2. The van der Waals surface area contributed by atoms with Crippen molar-refractivity contribution in [3.63, 3.8) is 0 Å². The van der Waals surface area contributed by atoms with E-state index in [1.165, 1.54) is 36.1 Å². The highest BCUT2D eigenvalue weighted by Gasteiger charge is 2.43. The molecule has 8 nitrogen and oxygen atoms in total. The molecule has 2 aromatic rings. The van der Waals surface area contributed by atoms with Gasteiger partial charge in [-0.15, -0.1) is 11.8 Å². The highest BCUT2D eigenvalue weighted by atomic mass is 32.2. The van der Waals surface area contributed by atoms with Crippen molar-refractivity contribution in [2.45, 2.75) is 24.9 Å². The van der Waals surface area contributed by atoms with Crippen molar-refractivity contribution in [2.75, 3.05) is 12.4 Å². The monoisotopic (exact) mass is 378 g/mol. The van der Waals surface area contributed by atoms with Crippen LogP contribution in [0.5, 0.6) is 0 Å². The van der Waals surface area contributed by atoms with Gasteiger partial charge in [0.2, 0.25) is 5.91 Å². The van der Waals surface area contributed by atoms with E-state index in [4.69, 9.17) is 13.6 Å². The summed E-state index contributed by atoms with van der Waals surface area (Å²) in [6.45, 7) is 1.18. The number of esters is 1. The lowest BCUT2D eigenvalue weighted by Gasteiger charge is -2.25. The maximum atomic E-state index is 12.4. The first-order chi connectivity index (χ1) is 12.6. The van der Waals surface area contributed by atoms with E-state index < -0.39 is 24.5 Å². The van der Waals surface area contributed by atoms with Crippen LogP contribution in [0.3, 0.4) is 0 Å². The summed E-state index contributed by atoms with van der Waals surface area (Å²) in [7, 11) is 0. The van der Waals surface area contributed by atoms with Crippen LogP contribution in [-0.2, 0) is 25.7 Å². The second-order valence-corrected chi connectivity index (χ2v) is 6.72. The number of rotatable bonds is 6. The third-order valence-electron chi connectivity index (χ3n) is 3.81. The van der Waals surface area contributed by atoms with Crippen molar-refractivity contribution in [3.8, 4) is 0 Å². The molecule has 0 spiro atoms. The van der Waals surface area contributed by atoms with Crippen LogP contribution in [-0.4, -0.2) is 41.1 Å². The number of nitrogens with zero attached hydrogens (tertiary/aromatic N) is 1. The second-order valence-electron chi connectivity index (χ2n) is 5.61. The van der Waals surface area contributed by atoms with Gasteiger partial charge in [-0.05, 0) is 24.3 Å². The summed E-state index contributed by atoms with van der Waals surface area (Å²) >= 11 is 1.41. The minimum absolute atomic E-state index is 0.211. The lowest BCUT2D eigenvalue weighted by molar-refractivity contribution is -0.156. The number of ether oxygens (including phenoxy) is 1. The lowest BCUT2D eigenvalue weighted by atomic mass is 10.2. The van der Waals surface area contributed by atoms with Gasteiger partial charge in [-0.25, -0.2) is 4.79 Å². The van der Waals surface area contributed by atoms with Crippen molar-refractivity contribution in [2.24, 2.45) is 0 Å². The third-order valence-corrected chi connectivity index (χ3v) is 5.09. The highest BCUT2D eigenvalue weighted by Crippen LogP contribution is 2.41. The van der Waals surface area contributed by atoms with Crippen molar-refractivity contribution in [1.29, 1.82) is 0 Å². The van der Waals surface area contributed by atoms with Gasteiger partial charge in [0, 0.05) is 12.7 Å². The molecule has 1 aliphatic heterocycles. The molecule has 3 heterocycles. The predicted molar refractivity (Wildman–Crippen MR) is 91.7 cm³/mol. The molecule has 0 saturated carbocycles. The fourth-order valence-electron chi connectivity index (χ4n) is 2.61. The van der Waals surface area contributed by atoms with E-state index in [0.717, 1.165) is 0 Å². The number of carbonyl (C=O) groups is 3. The van der Waals surface area contributed by atoms with Crippen LogP contribution in [0.1, 0.15) is 23.8 Å². The van der Waals surface area contributed by atoms with Crippen LogP contribution < -0.4 is 5.32 Å². The quantitative estimate of drug-likeness (QED) is 0.763. The molecule has 9 heteroatoms. The first-order valence-corrected chi connectivity index (χ1v) is 9.00. The maximum Gasteiger partial charge on any atom is 0.330 e. The number of carbonyl (C=O) groups excluding carboxylic acids is 3. The van der Waals surface area contributed by atoms with Crippen LogP contribution in [0.15, 0.2) is 45.6 Å². The van der Waals surface area contributed by atoms with Gasteiger partial charge in [0.1, 0.15) is 22.9 Å². The molecule has 1 fully saturated rings. The van der Waals surface area contributed by atoms with Crippen LogP contribution >= 0.6 is 11.8 Å². The second kappa shape index (κ2) is 8.13. The zero-order valence-electron chi connectivity index (χ0n) is 14.0. The summed E-state index contributed by atoms with van der Waals surface area (Å²) in [5.74, 6) is 0.239. The van der Waals surface area contributed by atoms with Gasteiger partial charge in [0.15, 0.2) is 6.61 Å². The fraction of sp³-hybridized carbons (Fsp3) is 0.353. The van der Waals surface area contributed by atoms with E-state index >= 15 is 0 Å². The van der Waals surface area contributed by atoms with E-state index in [0.29, 0.717) is 17.3 Å². The molecule has 0 radical (unpaired) electrons. The van der Waals surface area contributed by atoms with Gasteiger partial charge in [0.25, 0.3) is 5.91 Å². The SMILES string of the molecule is CC(=O)N1[C@@H](c2ccco2)SC[C@H]1C(=O)OCC(=O)NCc1ccco1. The Balaban J connectivity index is 1.53. The fourth-order valence-corrected chi connectivity index (χ4v) is 4.02. The zero-order valence-corrected chi connectivity index (χ0v) is 14.9. The Morgan fingerprint density at radius 2 is 2.04 bits per heavy atom. The van der Waals surface area contributed by atoms with E-state index in [2.05, 4.69) is 5.32 Å². The van der Waals surface area contributed by atoms with Gasteiger partial charge in [-0.2, -0.15) is 0 Å². The molecule has 2 atom stereocenters. The summed E-state index contributed by atoms with van der Waals surface area (Å²) in [5.41, 5.74) is 0. The topological polar surface area (TPSA) is 102 Å². The van der Waals surface area contributed by atoms with Crippen molar-refractivity contribution < 1.29 is 28.0 Å². The largest absolute Gasteiger partial charge is 0.467 e. The first-order valence-electron chi connectivity index (χ1n) is 7.96. The molecule has 0 bridgehead atoms. The Labute approximate surface area is 153 Å². The average Bonchev–Trinajstić information content (AvgIpc) is 3.37. The maximum absolute atomic E-state index is 12.4. The number of furan rings is 2. The van der Waals surface area contributed by atoms with E-state index in [1.807, 2.05) is 0 Å². The highest BCUT2D eigenvalue weighted by molar-refractivity contribution is 7.99. The molecule has 0 unspecified atom stereocenters. The molecule has 138 valence electrons. The molecule has 2 aromatic heterocycles. The van der Waals surface area contributed by atoms with Crippen molar-refractivity contribution in [3.05, 3.63) is 48.3 Å². The Morgan fingerprint density at radius 1 is 1.27 bits per heavy atom. The third kappa shape index (κ3) is 4.10. The molecule has 2 amide bonds. The van der Waals surface area contributed by atoms with Crippen LogP contribution in [0.4, 0.5) is 0 Å². The number of thioether (sulfide) groups is 1. The van der Waals surface area contributed by atoms with Crippen molar-refractivity contribution >= 4 is 29.5 Å². The lowest BCUT2D eigenvalue weighted by Crippen LogP contribution is -2.43. The van der Waals surface area contributed by atoms with E-state index in [1.54, 1.807) is 24.3 Å². The Bertz CT molecular complexity index is 758. The summed E-state index contributed by atoms with van der Waals surface area (Å²) in [4.78, 5) is 37.6. The van der Waals surface area contributed by atoms with Gasteiger partial charge in [-0.3, -0.25) is 9.59 Å². The van der Waals surface area contributed by atoms with Gasteiger partial charge in [-0.1, -0.05) is 0 Å². The minimum Gasteiger partial charge on any atom is -0.467 e. The molecular weight excluding hydrogens is 360 g/mol. The van der Waals surface area contributed by atoms with Gasteiger partial charge >= 0.3 is 5.97 Å². The predicted octanol–water partition coefficient (Wildman–Crippen LogP) is 1.69. The molecule has 0 aromatic carbocycles. The summed E-state index contributed by atoms with van der Waals surface area (Å²) in [6, 6.07) is 6.16. The Hall–Kier alpha value is -2.68. The summed E-state index contributed by atoms with van der Waals surface area (Å²) in [5, 5.41) is 2.20. The van der Waals surface area contributed by atoms with E-state index in [-0.39, 0.29) is 17.8 Å². The molecule has 1 aliphatic rings. The first kappa shape index (κ1) is 18.1. The standard InChI is InChI=1S/C17H18N2O6S/c1-11(20)19-13(10-26-16(19)14-5-3-7-24-14)17(22)25-9-15(21)18-8-12-4-2-6-23-12/h2-7,13,16H,8-10H2,1H3,(H,18,21)/t13-,16+/m0/s1. The van der Waals surface area contributed by atoms with Gasteiger partial charge in [0.05, 0.1) is 19.1 Å². The average molecular weight is 378 g/mol. The molecule has 1 N–H and O–H groups in total. The molecule has 1 saturated heterocycles. The molecule has 26 heavy (non-hydrogen) atoms. The summed E-state index contributed by atoms with van der Waals surface area (Å²) < 4.78 is 15.5. The Kier molecular flexibility index (Phi) is 5.67. The summed E-state index contributed by atoms with van der Waals surface area (Å²) in [6.07, 6.45) is 3.02. The molecular formula is C17H18N2O6S. The van der Waals surface area contributed by atoms with Gasteiger partial charge < -0.3 is 23.8 Å². The smallest absolute Gasteiger partial charge is 0.330 e. The van der Waals surface area contributed by atoms with Crippen LogP contribution in [0.25, 0.3) is 0 Å². The van der Waals surface area contributed by atoms with E-state index in [9.17, 15) is 14.4 Å². The Morgan fingerprint density at radius 3 is 2.69 bits per heavy atom. The normalized spacial score (nSPS) is 19.3. The number of hydrogen-bond acceptors (Lipinski definition) is 7. The molecule has 0 aliphatic carbocycles. The zero-order chi connectivity index (χ0) is 18.5. The number of hydrogen-bond donors (Lipinski definition) is 1. The van der Waals surface area contributed by atoms with Crippen LogP contribution in [0.2, 0.25) is 0 Å². The van der Waals surface area contributed by atoms with Crippen molar-refractivity contribution in [1.82, 2.24) is 10.2 Å².